The van der Waals surface area contributed by atoms with Crippen LogP contribution in [0.4, 0.5) is 4.39 Å². The van der Waals surface area contributed by atoms with E-state index in [-0.39, 0.29) is 18.7 Å². The zero-order valence-corrected chi connectivity index (χ0v) is 9.65. The van der Waals surface area contributed by atoms with Gasteiger partial charge in [0.05, 0.1) is 0 Å². The Balaban J connectivity index is 2.04. The van der Waals surface area contributed by atoms with Crippen molar-refractivity contribution in [2.45, 2.75) is 6.17 Å². The molecule has 5 nitrogen and oxygen atoms in total. The van der Waals surface area contributed by atoms with Crippen molar-refractivity contribution in [3.63, 3.8) is 0 Å². The molecule has 7 heteroatoms. The summed E-state index contributed by atoms with van der Waals surface area (Å²) >= 11 is 0. The van der Waals surface area contributed by atoms with Crippen molar-refractivity contribution < 1.29 is 17.6 Å². The molecule has 0 spiro atoms. The minimum absolute atomic E-state index is 0.197. The molecule has 92 valence electrons. The Bertz CT molecular complexity index is 512. The van der Waals surface area contributed by atoms with Crippen LogP contribution in [-0.2, 0) is 10.2 Å². The van der Waals surface area contributed by atoms with E-state index in [1.54, 1.807) is 18.2 Å². The van der Waals surface area contributed by atoms with Gasteiger partial charge in [-0.2, -0.15) is 12.7 Å². The summed E-state index contributed by atoms with van der Waals surface area (Å²) in [6.45, 7) is -0.394. The van der Waals surface area contributed by atoms with Crippen molar-refractivity contribution in [2.75, 3.05) is 13.1 Å². The highest BCUT2D eigenvalue weighted by molar-refractivity contribution is 7.87. The van der Waals surface area contributed by atoms with E-state index in [4.69, 9.17) is 0 Å². The maximum absolute atomic E-state index is 12.5. The van der Waals surface area contributed by atoms with Crippen molar-refractivity contribution in [1.29, 1.82) is 0 Å². The van der Waals surface area contributed by atoms with Gasteiger partial charge in [-0.15, -0.1) is 0 Å². The molecule has 0 unspecified atom stereocenters. The third-order valence-electron chi connectivity index (χ3n) is 2.40. The summed E-state index contributed by atoms with van der Waals surface area (Å²) in [6.07, 6.45) is -1.14. The van der Waals surface area contributed by atoms with Crippen LogP contribution in [0.5, 0.6) is 0 Å². The molecule has 0 saturated carbocycles. The average molecular weight is 258 g/mol. The van der Waals surface area contributed by atoms with E-state index in [0.717, 1.165) is 4.31 Å². The quantitative estimate of drug-likeness (QED) is 0.848. The van der Waals surface area contributed by atoms with Crippen molar-refractivity contribution in [1.82, 2.24) is 9.03 Å². The largest absolute Gasteiger partial charge is 0.304 e. The number of nitrogens with one attached hydrogen (secondary N) is 1. The van der Waals surface area contributed by atoms with Gasteiger partial charge in [-0.05, 0) is 12.1 Å². The van der Waals surface area contributed by atoms with Crippen molar-refractivity contribution in [2.24, 2.45) is 0 Å². The molecule has 1 amide bonds. The van der Waals surface area contributed by atoms with Gasteiger partial charge >= 0.3 is 10.2 Å². The molecule has 17 heavy (non-hydrogen) atoms. The molecule has 1 saturated heterocycles. The van der Waals surface area contributed by atoms with Crippen LogP contribution in [0.3, 0.4) is 0 Å². The van der Waals surface area contributed by atoms with E-state index >= 15 is 0 Å². The number of halogens is 1. The van der Waals surface area contributed by atoms with Gasteiger partial charge < -0.3 is 0 Å². The third-order valence-corrected chi connectivity index (χ3v) is 3.82. The Kier molecular flexibility index (Phi) is 3.12. The standard InChI is InChI=1S/C10H11FN2O3S/c11-9-6-13(7-9)17(15,16)12-10(14)8-4-2-1-3-5-8/h1-5,9H,6-7H2,(H,12,14). The summed E-state index contributed by atoms with van der Waals surface area (Å²) < 4.78 is 38.5. The highest BCUT2D eigenvalue weighted by Gasteiger charge is 2.36. The smallest absolute Gasteiger partial charge is 0.268 e. The topological polar surface area (TPSA) is 66.5 Å². The molecule has 1 aromatic carbocycles. The van der Waals surface area contributed by atoms with Crippen molar-refractivity contribution >= 4 is 16.1 Å². The molecule has 0 atom stereocenters. The van der Waals surface area contributed by atoms with Gasteiger partial charge in [0, 0.05) is 18.7 Å². The number of carbonyl (C=O) groups is 1. The first kappa shape index (κ1) is 12.0. The van der Waals surface area contributed by atoms with Crippen LogP contribution in [0.15, 0.2) is 30.3 Å². The first-order valence-corrected chi connectivity index (χ1v) is 6.44. The van der Waals surface area contributed by atoms with Crippen LogP contribution in [-0.4, -0.2) is 37.9 Å². The summed E-state index contributed by atoms with van der Waals surface area (Å²) in [5.41, 5.74) is 0.244. The van der Waals surface area contributed by atoms with Gasteiger partial charge in [0.1, 0.15) is 6.17 Å². The predicted octanol–water partition coefficient (Wildman–Crippen LogP) is 0.315. The number of alkyl halides is 1. The average Bonchev–Trinajstić information content (AvgIpc) is 2.25. The van der Waals surface area contributed by atoms with Crippen LogP contribution < -0.4 is 4.72 Å². The zero-order chi connectivity index (χ0) is 12.5. The fourth-order valence-electron chi connectivity index (χ4n) is 1.41. The van der Waals surface area contributed by atoms with E-state index in [1.807, 2.05) is 4.72 Å². The maximum Gasteiger partial charge on any atom is 0.304 e. The Labute approximate surface area is 98.4 Å². The van der Waals surface area contributed by atoms with E-state index in [9.17, 15) is 17.6 Å². The van der Waals surface area contributed by atoms with Crippen molar-refractivity contribution in [3.8, 4) is 0 Å². The van der Waals surface area contributed by atoms with Gasteiger partial charge in [-0.1, -0.05) is 18.2 Å². The number of amides is 1. The Morgan fingerprint density at radius 1 is 1.29 bits per heavy atom. The molecule has 1 fully saturated rings. The molecular weight excluding hydrogens is 247 g/mol. The molecule has 0 aliphatic carbocycles. The lowest BCUT2D eigenvalue weighted by molar-refractivity contribution is 0.0968. The lowest BCUT2D eigenvalue weighted by atomic mass is 10.2. The molecule has 0 aromatic heterocycles. The van der Waals surface area contributed by atoms with Crippen molar-refractivity contribution in [3.05, 3.63) is 35.9 Å². The first-order chi connectivity index (χ1) is 7.99. The van der Waals surface area contributed by atoms with Crippen LogP contribution in [0.1, 0.15) is 10.4 Å². The molecule has 1 aliphatic heterocycles. The summed E-state index contributed by atoms with van der Waals surface area (Å²) in [5.74, 6) is -0.715. The van der Waals surface area contributed by atoms with Gasteiger partial charge in [-0.25, -0.2) is 9.11 Å². The van der Waals surface area contributed by atoms with Gasteiger partial charge in [-0.3, -0.25) is 4.79 Å². The number of benzene rings is 1. The van der Waals surface area contributed by atoms with E-state index in [2.05, 4.69) is 0 Å². The van der Waals surface area contributed by atoms with Gasteiger partial charge in [0.15, 0.2) is 0 Å². The molecule has 1 aliphatic rings. The second-order valence-electron chi connectivity index (χ2n) is 3.72. The normalized spacial score (nSPS) is 17.5. The van der Waals surface area contributed by atoms with Crippen LogP contribution in [0.2, 0.25) is 0 Å². The van der Waals surface area contributed by atoms with E-state index in [1.165, 1.54) is 12.1 Å². The monoisotopic (exact) mass is 258 g/mol. The summed E-state index contributed by atoms with van der Waals surface area (Å²) in [5, 5.41) is 0. The molecule has 0 radical (unpaired) electrons. The maximum atomic E-state index is 12.5. The predicted molar refractivity (Wildman–Crippen MR) is 59.3 cm³/mol. The lowest BCUT2D eigenvalue weighted by Gasteiger charge is -2.32. The number of carbonyl (C=O) groups excluding carboxylic acids is 1. The summed E-state index contributed by atoms with van der Waals surface area (Å²) in [6, 6.07) is 7.97. The molecule has 2 rings (SSSR count). The van der Waals surface area contributed by atoms with Gasteiger partial charge in [0.2, 0.25) is 0 Å². The van der Waals surface area contributed by atoms with Crippen LogP contribution >= 0.6 is 0 Å². The van der Waals surface area contributed by atoms with Crippen LogP contribution in [0, 0.1) is 0 Å². The van der Waals surface area contributed by atoms with Gasteiger partial charge in [0.25, 0.3) is 5.91 Å². The number of hydrogen-bond donors (Lipinski definition) is 1. The highest BCUT2D eigenvalue weighted by atomic mass is 32.2. The highest BCUT2D eigenvalue weighted by Crippen LogP contribution is 2.15. The SMILES string of the molecule is O=C(NS(=O)(=O)N1CC(F)C1)c1ccccc1. The molecule has 1 aromatic rings. The van der Waals surface area contributed by atoms with E-state index in [0.29, 0.717) is 0 Å². The number of rotatable bonds is 3. The van der Waals surface area contributed by atoms with Crippen LogP contribution in [0.25, 0.3) is 0 Å². The number of hydrogen-bond acceptors (Lipinski definition) is 3. The lowest BCUT2D eigenvalue weighted by Crippen LogP contribution is -2.56. The Hall–Kier alpha value is -1.47. The minimum Gasteiger partial charge on any atom is -0.268 e. The zero-order valence-electron chi connectivity index (χ0n) is 8.84. The summed E-state index contributed by atoms with van der Waals surface area (Å²) in [4.78, 5) is 11.6. The Morgan fingerprint density at radius 3 is 2.41 bits per heavy atom. The Morgan fingerprint density at radius 2 is 1.88 bits per heavy atom. The fraction of sp³-hybridized carbons (Fsp3) is 0.300. The second kappa shape index (κ2) is 4.42. The molecule has 0 bridgehead atoms. The second-order valence-corrected chi connectivity index (χ2v) is 5.39. The molecule has 1 N–H and O–H groups in total. The third kappa shape index (κ3) is 2.62. The molecular formula is C10H11FN2O3S. The first-order valence-electron chi connectivity index (χ1n) is 5.00. The van der Waals surface area contributed by atoms with E-state index < -0.39 is 22.3 Å². The molecule has 1 heterocycles. The fourth-order valence-corrected chi connectivity index (χ4v) is 2.61. The minimum atomic E-state index is -3.91. The number of nitrogens with zero attached hydrogens (tertiary/aromatic N) is 1. The summed E-state index contributed by atoms with van der Waals surface area (Å²) in [7, 11) is -3.91.